The molecule has 0 saturated heterocycles. The summed E-state index contributed by atoms with van der Waals surface area (Å²) in [6.07, 6.45) is 4.42. The maximum Gasteiger partial charge on any atom is 0.308 e. The summed E-state index contributed by atoms with van der Waals surface area (Å²) >= 11 is 0. The zero-order valence-corrected chi connectivity index (χ0v) is 9.92. The number of carbonyl (C=O) groups excluding carboxylic acids is 1. The molecule has 1 aliphatic rings. The second-order valence-corrected chi connectivity index (χ2v) is 4.73. The number of esters is 1. The maximum absolute atomic E-state index is 11.3. The van der Waals surface area contributed by atoms with Gasteiger partial charge in [0.05, 0.1) is 5.92 Å². The molecule has 1 aliphatic carbocycles. The minimum absolute atomic E-state index is 0.00640. The lowest BCUT2D eigenvalue weighted by Crippen LogP contribution is -2.28. The van der Waals surface area contributed by atoms with Gasteiger partial charge in [0, 0.05) is 6.54 Å². The molecular weight excluding hydrogens is 190 g/mol. The summed E-state index contributed by atoms with van der Waals surface area (Å²) < 4.78 is 5.15. The van der Waals surface area contributed by atoms with E-state index in [1.54, 1.807) is 0 Å². The maximum atomic E-state index is 11.3. The second kappa shape index (κ2) is 6.83. The summed E-state index contributed by atoms with van der Waals surface area (Å²) in [6.45, 7) is 6.73. The number of carbonyl (C=O) groups is 1. The molecule has 0 amide bonds. The van der Waals surface area contributed by atoms with Crippen LogP contribution < -0.4 is 5.32 Å². The first-order valence-electron chi connectivity index (χ1n) is 6.07. The fourth-order valence-corrected chi connectivity index (χ4v) is 1.50. The molecule has 0 atom stereocenters. The summed E-state index contributed by atoms with van der Waals surface area (Å²) in [5, 5.41) is 3.27. The van der Waals surface area contributed by atoms with Crippen LogP contribution in [0.15, 0.2) is 0 Å². The van der Waals surface area contributed by atoms with Crippen LogP contribution in [0.3, 0.4) is 0 Å². The van der Waals surface area contributed by atoms with Gasteiger partial charge in [0.25, 0.3) is 0 Å². The quantitative estimate of drug-likeness (QED) is 0.519. The monoisotopic (exact) mass is 213 g/mol. The topological polar surface area (TPSA) is 38.3 Å². The molecule has 88 valence electrons. The molecule has 0 aromatic rings. The number of nitrogens with one attached hydrogen (secondary N) is 1. The fraction of sp³-hybridized carbons (Fsp3) is 0.917. The van der Waals surface area contributed by atoms with Crippen molar-refractivity contribution in [2.75, 3.05) is 19.7 Å². The van der Waals surface area contributed by atoms with E-state index in [9.17, 15) is 4.79 Å². The molecule has 0 aliphatic heterocycles. The van der Waals surface area contributed by atoms with E-state index < -0.39 is 0 Å². The van der Waals surface area contributed by atoms with Crippen molar-refractivity contribution >= 4 is 5.97 Å². The lowest BCUT2D eigenvalue weighted by molar-refractivity contribution is -0.151. The van der Waals surface area contributed by atoms with E-state index in [4.69, 9.17) is 4.74 Å². The molecule has 0 radical (unpaired) electrons. The Morgan fingerprint density at radius 1 is 1.40 bits per heavy atom. The van der Waals surface area contributed by atoms with Crippen molar-refractivity contribution in [3.05, 3.63) is 0 Å². The SMILES string of the molecule is CC(C)CCNCCOC(=O)C1CCC1. The average molecular weight is 213 g/mol. The van der Waals surface area contributed by atoms with Gasteiger partial charge in [-0.05, 0) is 31.7 Å². The largest absolute Gasteiger partial charge is 0.464 e. The van der Waals surface area contributed by atoms with Crippen molar-refractivity contribution in [3.8, 4) is 0 Å². The second-order valence-electron chi connectivity index (χ2n) is 4.73. The Hall–Kier alpha value is -0.570. The molecule has 0 spiro atoms. The highest BCUT2D eigenvalue weighted by Crippen LogP contribution is 2.27. The standard InChI is InChI=1S/C12H23NO2/c1-10(2)6-7-13-8-9-15-12(14)11-4-3-5-11/h10-11,13H,3-9H2,1-2H3. The van der Waals surface area contributed by atoms with Crippen LogP contribution in [-0.2, 0) is 9.53 Å². The van der Waals surface area contributed by atoms with Crippen molar-refractivity contribution in [1.82, 2.24) is 5.32 Å². The Labute approximate surface area is 92.6 Å². The van der Waals surface area contributed by atoms with Gasteiger partial charge in [-0.25, -0.2) is 0 Å². The lowest BCUT2D eigenvalue weighted by atomic mass is 9.86. The first-order chi connectivity index (χ1) is 7.20. The average Bonchev–Trinajstić information content (AvgIpc) is 2.07. The van der Waals surface area contributed by atoms with Crippen LogP contribution in [0, 0.1) is 11.8 Å². The predicted molar refractivity (Wildman–Crippen MR) is 60.6 cm³/mol. The molecule has 0 unspecified atom stereocenters. The van der Waals surface area contributed by atoms with Crippen LogP contribution in [-0.4, -0.2) is 25.7 Å². The number of rotatable bonds is 7. The Kier molecular flexibility index (Phi) is 5.69. The van der Waals surface area contributed by atoms with Crippen LogP contribution >= 0.6 is 0 Å². The van der Waals surface area contributed by atoms with Crippen molar-refractivity contribution < 1.29 is 9.53 Å². The first-order valence-corrected chi connectivity index (χ1v) is 6.07. The minimum Gasteiger partial charge on any atom is -0.464 e. The Morgan fingerprint density at radius 3 is 2.67 bits per heavy atom. The van der Waals surface area contributed by atoms with E-state index in [1.165, 1.54) is 12.8 Å². The predicted octanol–water partition coefficient (Wildman–Crippen LogP) is 1.97. The molecule has 0 heterocycles. The molecule has 0 aromatic carbocycles. The highest BCUT2D eigenvalue weighted by molar-refractivity contribution is 5.73. The molecule has 1 N–H and O–H groups in total. The van der Waals surface area contributed by atoms with E-state index in [0.29, 0.717) is 6.61 Å². The molecule has 15 heavy (non-hydrogen) atoms. The van der Waals surface area contributed by atoms with Crippen molar-refractivity contribution in [1.29, 1.82) is 0 Å². The van der Waals surface area contributed by atoms with Crippen LogP contribution in [0.25, 0.3) is 0 Å². The molecule has 1 rings (SSSR count). The number of ether oxygens (including phenoxy) is 1. The van der Waals surface area contributed by atoms with Gasteiger partial charge in [-0.15, -0.1) is 0 Å². The third kappa shape index (κ3) is 5.17. The fourth-order valence-electron chi connectivity index (χ4n) is 1.50. The van der Waals surface area contributed by atoms with Crippen LogP contribution in [0.2, 0.25) is 0 Å². The zero-order chi connectivity index (χ0) is 11.1. The van der Waals surface area contributed by atoms with E-state index >= 15 is 0 Å². The van der Waals surface area contributed by atoms with E-state index in [-0.39, 0.29) is 11.9 Å². The lowest BCUT2D eigenvalue weighted by Gasteiger charge is -2.23. The summed E-state index contributed by atoms with van der Waals surface area (Å²) in [7, 11) is 0. The summed E-state index contributed by atoms with van der Waals surface area (Å²) in [5.41, 5.74) is 0. The third-order valence-electron chi connectivity index (χ3n) is 2.86. The minimum atomic E-state index is 0.00640. The van der Waals surface area contributed by atoms with Gasteiger partial charge in [-0.3, -0.25) is 4.79 Å². The highest BCUT2D eigenvalue weighted by Gasteiger charge is 2.26. The van der Waals surface area contributed by atoms with Crippen molar-refractivity contribution in [2.24, 2.45) is 11.8 Å². The smallest absolute Gasteiger partial charge is 0.308 e. The number of hydrogen-bond donors (Lipinski definition) is 1. The molecule has 0 aromatic heterocycles. The molecular formula is C12H23NO2. The van der Waals surface area contributed by atoms with Gasteiger partial charge >= 0.3 is 5.97 Å². The summed E-state index contributed by atoms with van der Waals surface area (Å²) in [4.78, 5) is 11.3. The van der Waals surface area contributed by atoms with Gasteiger partial charge in [-0.2, -0.15) is 0 Å². The summed E-state index contributed by atoms with van der Waals surface area (Å²) in [5.74, 6) is 0.947. The van der Waals surface area contributed by atoms with Gasteiger partial charge < -0.3 is 10.1 Å². The Balaban J connectivity index is 1.86. The van der Waals surface area contributed by atoms with Gasteiger partial charge in [0.2, 0.25) is 0 Å². The Bertz CT molecular complexity index is 188. The van der Waals surface area contributed by atoms with Crippen LogP contribution in [0.1, 0.15) is 39.5 Å². The van der Waals surface area contributed by atoms with E-state index in [2.05, 4.69) is 19.2 Å². The van der Waals surface area contributed by atoms with Gasteiger partial charge in [0.1, 0.15) is 6.61 Å². The molecule has 1 saturated carbocycles. The zero-order valence-electron chi connectivity index (χ0n) is 9.92. The van der Waals surface area contributed by atoms with Crippen LogP contribution in [0.5, 0.6) is 0 Å². The molecule has 1 fully saturated rings. The highest BCUT2D eigenvalue weighted by atomic mass is 16.5. The van der Waals surface area contributed by atoms with Crippen molar-refractivity contribution in [2.45, 2.75) is 39.5 Å². The van der Waals surface area contributed by atoms with Gasteiger partial charge in [-0.1, -0.05) is 20.3 Å². The molecule has 0 bridgehead atoms. The normalized spacial score (nSPS) is 16.5. The van der Waals surface area contributed by atoms with Crippen molar-refractivity contribution in [3.63, 3.8) is 0 Å². The molecule has 3 nitrogen and oxygen atoms in total. The number of hydrogen-bond acceptors (Lipinski definition) is 3. The molecule has 3 heteroatoms. The van der Waals surface area contributed by atoms with Gasteiger partial charge in [0.15, 0.2) is 0 Å². The Morgan fingerprint density at radius 2 is 2.13 bits per heavy atom. The van der Waals surface area contributed by atoms with Crippen LogP contribution in [0.4, 0.5) is 0 Å². The van der Waals surface area contributed by atoms with E-state index in [1.807, 2.05) is 0 Å². The first kappa shape index (κ1) is 12.5. The van der Waals surface area contributed by atoms with E-state index in [0.717, 1.165) is 31.8 Å². The summed E-state index contributed by atoms with van der Waals surface area (Å²) in [6, 6.07) is 0. The third-order valence-corrected chi connectivity index (χ3v) is 2.86.